The van der Waals surface area contributed by atoms with Crippen LogP contribution in [-0.2, 0) is 33.5 Å². The number of methoxy groups -OCH3 is 1. The van der Waals surface area contributed by atoms with Gasteiger partial charge in [-0.3, -0.25) is 4.79 Å². The molecule has 10 nitrogen and oxygen atoms in total. The first-order valence-electron chi connectivity index (χ1n) is 12.5. The van der Waals surface area contributed by atoms with Gasteiger partial charge in [0.15, 0.2) is 20.1 Å². The molecule has 2 aliphatic heterocycles. The highest BCUT2D eigenvalue weighted by Gasteiger charge is 2.58. The van der Waals surface area contributed by atoms with E-state index in [9.17, 15) is 18.3 Å². The molecule has 0 unspecified atom stereocenters. The summed E-state index contributed by atoms with van der Waals surface area (Å²) in [5, 5.41) is 10.8. The maximum atomic E-state index is 13.5. The smallest absolute Gasteiger partial charge is 0.327 e. The van der Waals surface area contributed by atoms with Gasteiger partial charge in [-0.15, -0.1) is 0 Å². The van der Waals surface area contributed by atoms with Crippen LogP contribution in [0.1, 0.15) is 34.6 Å². The van der Waals surface area contributed by atoms with E-state index in [0.717, 1.165) is 4.31 Å². The van der Waals surface area contributed by atoms with Crippen LogP contribution in [0.3, 0.4) is 0 Å². The van der Waals surface area contributed by atoms with Crippen molar-refractivity contribution in [1.29, 1.82) is 0 Å². The fourth-order valence-electron chi connectivity index (χ4n) is 4.04. The predicted molar refractivity (Wildman–Crippen MR) is 142 cm³/mol. The maximum Gasteiger partial charge on any atom is 0.327 e. The lowest BCUT2D eigenvalue weighted by Crippen LogP contribution is -2.64. The van der Waals surface area contributed by atoms with Gasteiger partial charge in [-0.1, -0.05) is 32.6 Å². The minimum Gasteiger partial charge on any atom is -0.481 e. The Kier molecular flexibility index (Phi) is 9.05. The van der Waals surface area contributed by atoms with E-state index < -0.39 is 54.5 Å². The lowest BCUT2D eigenvalue weighted by Gasteiger charge is -2.40. The van der Waals surface area contributed by atoms with Gasteiger partial charge in [0.2, 0.25) is 10.0 Å². The Morgan fingerprint density at radius 1 is 1.13 bits per heavy atom. The summed E-state index contributed by atoms with van der Waals surface area (Å²) in [7, 11) is -4.91. The molecule has 4 atom stereocenters. The van der Waals surface area contributed by atoms with Gasteiger partial charge in [0.1, 0.15) is 24.6 Å². The Hall–Kier alpha value is -1.98. The topological polar surface area (TPSA) is 121 Å². The first kappa shape index (κ1) is 30.6. The first-order chi connectivity index (χ1) is 17.5. The third kappa shape index (κ3) is 6.59. The summed E-state index contributed by atoms with van der Waals surface area (Å²) < 4.78 is 56.1. The van der Waals surface area contributed by atoms with Gasteiger partial charge in [0, 0.05) is 6.54 Å². The normalized spacial score (nSPS) is 25.7. The summed E-state index contributed by atoms with van der Waals surface area (Å²) in [6.45, 7) is 14.2. The second-order valence-corrected chi connectivity index (χ2v) is 18.0. The third-order valence-electron chi connectivity index (χ3n) is 7.15. The highest BCUT2D eigenvalue weighted by Crippen LogP contribution is 2.39. The number of nitrogens with zero attached hydrogens (tertiary/aromatic N) is 1. The number of sulfonamides is 1. The number of hydrogen-bond acceptors (Lipinski definition) is 9. The number of esters is 1. The SMILES string of the molecule is COC(=O)[C@H]1[C@@H]2OC(C)(C)O[C@H]2[C@@H](O)CN1S(=O)(=O)c1ccc(OCC#CCO[Si](C)(C)C(C)(C)C)cc1. The van der Waals surface area contributed by atoms with Crippen LogP contribution in [-0.4, -0.2) is 89.1 Å². The van der Waals surface area contributed by atoms with Crippen molar-refractivity contribution in [3.05, 3.63) is 24.3 Å². The lowest BCUT2D eigenvalue weighted by atomic mass is 9.96. The van der Waals surface area contributed by atoms with Gasteiger partial charge in [-0.05, 0) is 56.2 Å². The van der Waals surface area contributed by atoms with E-state index in [4.69, 9.17) is 23.4 Å². The number of rotatable bonds is 7. The van der Waals surface area contributed by atoms with Gasteiger partial charge < -0.3 is 28.5 Å². The van der Waals surface area contributed by atoms with Crippen molar-refractivity contribution in [2.24, 2.45) is 0 Å². The molecule has 2 aliphatic rings. The summed E-state index contributed by atoms with van der Waals surface area (Å²) >= 11 is 0. The number of benzene rings is 1. The fraction of sp³-hybridized carbons (Fsp3) is 0.654. The fourth-order valence-corrected chi connectivity index (χ4v) is 6.51. The molecule has 1 aromatic carbocycles. The van der Waals surface area contributed by atoms with Crippen LogP contribution >= 0.6 is 0 Å². The van der Waals surface area contributed by atoms with E-state index in [0.29, 0.717) is 12.4 Å². The Morgan fingerprint density at radius 2 is 1.71 bits per heavy atom. The van der Waals surface area contributed by atoms with Crippen LogP contribution in [0, 0.1) is 11.8 Å². The molecule has 2 heterocycles. The summed E-state index contributed by atoms with van der Waals surface area (Å²) in [6.07, 6.45) is -3.10. The number of β-amino-alcohol motifs (C(OH)–C–C–N with tert-alkyl or cyclic N) is 1. The highest BCUT2D eigenvalue weighted by atomic mass is 32.2. The molecule has 0 radical (unpaired) electrons. The third-order valence-corrected chi connectivity index (χ3v) is 13.5. The van der Waals surface area contributed by atoms with Gasteiger partial charge >= 0.3 is 5.97 Å². The number of carbonyl (C=O) groups is 1. The van der Waals surface area contributed by atoms with E-state index in [2.05, 4.69) is 45.7 Å². The van der Waals surface area contributed by atoms with Gasteiger partial charge in [-0.25, -0.2) is 8.42 Å². The Morgan fingerprint density at radius 3 is 2.29 bits per heavy atom. The summed E-state index contributed by atoms with van der Waals surface area (Å²) in [4.78, 5) is 12.6. The van der Waals surface area contributed by atoms with Gasteiger partial charge in [0.25, 0.3) is 0 Å². The first-order valence-corrected chi connectivity index (χ1v) is 16.8. The van der Waals surface area contributed by atoms with Crippen molar-refractivity contribution in [3.63, 3.8) is 0 Å². The van der Waals surface area contributed by atoms with E-state index in [1.54, 1.807) is 13.8 Å². The molecule has 0 amide bonds. The maximum absolute atomic E-state index is 13.5. The molecule has 12 heteroatoms. The summed E-state index contributed by atoms with van der Waals surface area (Å²) in [5.41, 5.74) is 0. The number of aliphatic hydroxyl groups is 1. The molecule has 0 bridgehead atoms. The summed E-state index contributed by atoms with van der Waals surface area (Å²) in [5.74, 6) is 4.40. The average Bonchev–Trinajstić information content (AvgIpc) is 3.15. The molecule has 0 aliphatic carbocycles. The number of piperidine rings is 1. The molecule has 0 saturated carbocycles. The Balaban J connectivity index is 1.69. The van der Waals surface area contributed by atoms with Crippen LogP contribution in [0.5, 0.6) is 5.75 Å². The quantitative estimate of drug-likeness (QED) is 0.300. The van der Waals surface area contributed by atoms with Crippen LogP contribution in [0.2, 0.25) is 18.1 Å². The number of aliphatic hydroxyl groups excluding tert-OH is 1. The van der Waals surface area contributed by atoms with Crippen molar-refractivity contribution in [1.82, 2.24) is 4.31 Å². The van der Waals surface area contributed by atoms with E-state index in [1.807, 2.05) is 0 Å². The van der Waals surface area contributed by atoms with Crippen LogP contribution in [0.15, 0.2) is 29.2 Å². The minimum absolute atomic E-state index is 0.0727. The predicted octanol–water partition coefficient (Wildman–Crippen LogP) is 2.52. The van der Waals surface area contributed by atoms with Crippen molar-refractivity contribution >= 4 is 24.3 Å². The standard InChI is InChI=1S/C26H39NO9SSi/c1-25(2,3)38(7,8)34-16-10-9-15-33-18-11-13-19(14-12-18)37(30,31)27-17-20(28)22-23(21(27)24(29)32-6)36-26(4,5)35-22/h11-14,20-23,28H,15-17H2,1-8H3/t20-,21+,22-,23-/m0/s1. The lowest BCUT2D eigenvalue weighted by molar-refractivity contribution is -0.160. The second kappa shape index (κ2) is 11.2. The molecule has 212 valence electrons. The van der Waals surface area contributed by atoms with Crippen molar-refractivity contribution in [3.8, 4) is 17.6 Å². The monoisotopic (exact) mass is 569 g/mol. The molecule has 0 spiro atoms. The molecule has 1 aromatic rings. The van der Waals surface area contributed by atoms with Gasteiger partial charge in [0.05, 0.1) is 24.7 Å². The van der Waals surface area contributed by atoms with Crippen LogP contribution in [0.25, 0.3) is 0 Å². The highest BCUT2D eigenvalue weighted by molar-refractivity contribution is 7.89. The van der Waals surface area contributed by atoms with Crippen molar-refractivity contribution in [2.75, 3.05) is 26.9 Å². The van der Waals surface area contributed by atoms with Crippen molar-refractivity contribution < 1.29 is 41.7 Å². The molecule has 1 N–H and O–H groups in total. The zero-order chi connectivity index (χ0) is 28.5. The minimum atomic E-state index is -4.21. The molecule has 38 heavy (non-hydrogen) atoms. The van der Waals surface area contributed by atoms with Crippen LogP contribution in [0.4, 0.5) is 0 Å². The van der Waals surface area contributed by atoms with E-state index in [1.165, 1.54) is 31.4 Å². The molecular weight excluding hydrogens is 530 g/mol. The average molecular weight is 570 g/mol. The van der Waals surface area contributed by atoms with E-state index in [-0.39, 0.29) is 23.1 Å². The van der Waals surface area contributed by atoms with Crippen LogP contribution < -0.4 is 4.74 Å². The molecule has 0 aromatic heterocycles. The molecule has 2 fully saturated rings. The zero-order valence-electron chi connectivity index (χ0n) is 23.3. The molecule has 3 rings (SSSR count). The van der Waals surface area contributed by atoms with E-state index >= 15 is 0 Å². The molecule has 2 saturated heterocycles. The second-order valence-electron chi connectivity index (χ2n) is 11.3. The number of hydrogen-bond donors (Lipinski definition) is 1. The number of carbonyl (C=O) groups excluding carboxylic acids is 1. The zero-order valence-corrected chi connectivity index (χ0v) is 25.1. The summed E-state index contributed by atoms with van der Waals surface area (Å²) in [6, 6.07) is 4.45. The largest absolute Gasteiger partial charge is 0.481 e. The van der Waals surface area contributed by atoms with Gasteiger partial charge in [-0.2, -0.15) is 4.31 Å². The Bertz CT molecular complexity index is 1170. The Labute approximate surface area is 226 Å². The van der Waals surface area contributed by atoms with Crippen molar-refractivity contribution in [2.45, 2.75) is 87.8 Å². The number of ether oxygens (including phenoxy) is 4. The number of fused-ring (bicyclic) bond motifs is 1. The molecular formula is C26H39NO9SSi.